The molecule has 0 aliphatic carbocycles. The van der Waals surface area contributed by atoms with E-state index < -0.39 is 15.9 Å². The highest BCUT2D eigenvalue weighted by atomic mass is 35.5. The molecule has 1 amide bonds. The number of anilines is 2. The number of sulfonamides is 1. The van der Waals surface area contributed by atoms with Crippen LogP contribution < -0.4 is 9.62 Å². The van der Waals surface area contributed by atoms with Gasteiger partial charge in [0.2, 0.25) is 0 Å². The Bertz CT molecular complexity index is 1380. The van der Waals surface area contributed by atoms with Gasteiger partial charge < -0.3 is 5.32 Å². The number of nitrogens with one attached hydrogen (secondary N) is 1. The molecule has 33 heavy (non-hydrogen) atoms. The molecule has 0 aliphatic rings. The minimum Gasteiger partial charge on any atom is -0.322 e. The van der Waals surface area contributed by atoms with E-state index in [4.69, 9.17) is 11.6 Å². The van der Waals surface area contributed by atoms with Crippen LogP contribution in [0.1, 0.15) is 17.3 Å². The lowest BCUT2D eigenvalue weighted by molar-refractivity contribution is 0.102. The van der Waals surface area contributed by atoms with E-state index in [9.17, 15) is 13.2 Å². The van der Waals surface area contributed by atoms with Gasteiger partial charge in [0.25, 0.3) is 15.9 Å². The Morgan fingerprint density at radius 3 is 2.55 bits per heavy atom. The summed E-state index contributed by atoms with van der Waals surface area (Å²) >= 11 is 6.26. The minimum absolute atomic E-state index is 0.0584. The summed E-state index contributed by atoms with van der Waals surface area (Å²) < 4.78 is 29.4. The first kappa shape index (κ1) is 22.4. The van der Waals surface area contributed by atoms with Crippen molar-refractivity contribution in [2.75, 3.05) is 16.2 Å². The SMILES string of the molecule is CCN(c1ccccc1)S(=O)(=O)c1cc(NC(=O)c2cccc(-n3cnnn3)c2)ccc1Cl. The van der Waals surface area contributed by atoms with Crippen LogP contribution in [-0.2, 0) is 10.0 Å². The lowest BCUT2D eigenvalue weighted by Crippen LogP contribution is -2.31. The zero-order valence-corrected chi connectivity index (χ0v) is 19.0. The summed E-state index contributed by atoms with van der Waals surface area (Å²) in [6, 6.07) is 19.8. The molecular formula is C22H19ClN6O3S. The van der Waals surface area contributed by atoms with Gasteiger partial charge in [0.05, 0.1) is 16.4 Å². The van der Waals surface area contributed by atoms with E-state index in [0.29, 0.717) is 22.6 Å². The van der Waals surface area contributed by atoms with E-state index >= 15 is 0 Å². The molecule has 0 atom stereocenters. The van der Waals surface area contributed by atoms with E-state index in [1.807, 2.05) is 6.07 Å². The molecule has 0 unspecified atom stereocenters. The van der Waals surface area contributed by atoms with Crippen molar-refractivity contribution in [2.24, 2.45) is 0 Å². The third kappa shape index (κ3) is 4.71. The Morgan fingerprint density at radius 1 is 1.06 bits per heavy atom. The second-order valence-corrected chi connectivity index (χ2v) is 9.15. The van der Waals surface area contributed by atoms with Crippen molar-refractivity contribution in [2.45, 2.75) is 11.8 Å². The molecule has 1 heterocycles. The van der Waals surface area contributed by atoms with Crippen molar-refractivity contribution in [3.63, 3.8) is 0 Å². The summed E-state index contributed by atoms with van der Waals surface area (Å²) in [5.74, 6) is -0.425. The van der Waals surface area contributed by atoms with Crippen molar-refractivity contribution in [1.82, 2.24) is 20.2 Å². The van der Waals surface area contributed by atoms with E-state index in [1.54, 1.807) is 61.5 Å². The first-order valence-corrected chi connectivity index (χ1v) is 11.7. The topological polar surface area (TPSA) is 110 Å². The summed E-state index contributed by atoms with van der Waals surface area (Å²) in [7, 11) is -3.97. The molecule has 0 bridgehead atoms. The lowest BCUT2D eigenvalue weighted by atomic mass is 10.2. The molecule has 3 aromatic carbocycles. The zero-order chi connectivity index (χ0) is 23.4. The van der Waals surface area contributed by atoms with Crippen LogP contribution >= 0.6 is 11.6 Å². The van der Waals surface area contributed by atoms with Crippen LogP contribution in [0.25, 0.3) is 5.69 Å². The number of carbonyl (C=O) groups is 1. The Morgan fingerprint density at radius 2 is 1.85 bits per heavy atom. The maximum Gasteiger partial charge on any atom is 0.265 e. The van der Waals surface area contributed by atoms with Crippen molar-refractivity contribution >= 4 is 38.9 Å². The van der Waals surface area contributed by atoms with Crippen LogP contribution in [0.3, 0.4) is 0 Å². The summed E-state index contributed by atoms with van der Waals surface area (Å²) in [6.07, 6.45) is 1.42. The van der Waals surface area contributed by atoms with Crippen LogP contribution in [0.15, 0.2) is 84.0 Å². The maximum atomic E-state index is 13.4. The number of carbonyl (C=O) groups excluding carboxylic acids is 1. The Kier molecular flexibility index (Phi) is 6.38. The number of hydrogen-bond acceptors (Lipinski definition) is 6. The molecular weight excluding hydrogens is 464 g/mol. The number of nitrogens with zero attached hydrogens (tertiary/aromatic N) is 5. The van der Waals surface area contributed by atoms with Crippen molar-refractivity contribution in [3.8, 4) is 5.69 Å². The third-order valence-electron chi connectivity index (χ3n) is 4.81. The lowest BCUT2D eigenvalue weighted by Gasteiger charge is -2.23. The molecule has 4 aromatic rings. The molecule has 0 aliphatic heterocycles. The van der Waals surface area contributed by atoms with Gasteiger partial charge in [-0.3, -0.25) is 9.10 Å². The number of tetrazole rings is 1. The summed E-state index contributed by atoms with van der Waals surface area (Å²) in [6.45, 7) is 1.95. The van der Waals surface area contributed by atoms with Gasteiger partial charge >= 0.3 is 0 Å². The predicted molar refractivity (Wildman–Crippen MR) is 125 cm³/mol. The predicted octanol–water partition coefficient (Wildman–Crippen LogP) is 3.78. The maximum absolute atomic E-state index is 13.4. The number of rotatable bonds is 7. The van der Waals surface area contributed by atoms with Crippen molar-refractivity contribution < 1.29 is 13.2 Å². The second-order valence-electron chi connectivity index (χ2n) is 6.91. The minimum atomic E-state index is -3.97. The third-order valence-corrected chi connectivity index (χ3v) is 7.19. The molecule has 168 valence electrons. The molecule has 11 heteroatoms. The standard InChI is InChI=1S/C22H19ClN6O3S/c1-2-29(18-8-4-3-5-9-18)33(31,32)21-14-17(11-12-20(21)23)25-22(30)16-7-6-10-19(13-16)28-15-24-26-27-28/h3-15H,2H2,1H3,(H,25,30). The Labute approximate surface area is 195 Å². The van der Waals surface area contributed by atoms with E-state index in [-0.39, 0.29) is 16.5 Å². The molecule has 0 spiro atoms. The number of halogens is 1. The van der Waals surface area contributed by atoms with Crippen LogP contribution in [0.5, 0.6) is 0 Å². The fraction of sp³-hybridized carbons (Fsp3) is 0.0909. The van der Waals surface area contributed by atoms with Crippen LogP contribution in [0.4, 0.5) is 11.4 Å². The van der Waals surface area contributed by atoms with Gasteiger partial charge in [-0.1, -0.05) is 35.9 Å². The monoisotopic (exact) mass is 482 g/mol. The Hall–Kier alpha value is -3.76. The van der Waals surface area contributed by atoms with E-state index in [1.165, 1.54) is 27.4 Å². The first-order chi connectivity index (χ1) is 15.9. The molecule has 1 N–H and O–H groups in total. The summed E-state index contributed by atoms with van der Waals surface area (Å²) in [5, 5.41) is 13.8. The smallest absolute Gasteiger partial charge is 0.265 e. The molecule has 0 radical (unpaired) electrons. The summed E-state index contributed by atoms with van der Waals surface area (Å²) in [4.78, 5) is 12.7. The molecule has 1 aromatic heterocycles. The highest BCUT2D eigenvalue weighted by Gasteiger charge is 2.26. The van der Waals surface area contributed by atoms with Gasteiger partial charge in [0, 0.05) is 17.8 Å². The number of benzene rings is 3. The van der Waals surface area contributed by atoms with Crippen LogP contribution in [-0.4, -0.2) is 41.1 Å². The van der Waals surface area contributed by atoms with Crippen molar-refractivity contribution in [1.29, 1.82) is 0 Å². The number of hydrogen-bond donors (Lipinski definition) is 1. The summed E-state index contributed by atoms with van der Waals surface area (Å²) in [5.41, 5.74) is 1.76. The van der Waals surface area contributed by atoms with E-state index in [2.05, 4.69) is 20.8 Å². The van der Waals surface area contributed by atoms with Crippen LogP contribution in [0, 0.1) is 0 Å². The average molecular weight is 483 g/mol. The molecule has 0 fully saturated rings. The fourth-order valence-electron chi connectivity index (χ4n) is 3.26. The van der Waals surface area contributed by atoms with Gasteiger partial charge in [-0.15, -0.1) is 5.10 Å². The number of amides is 1. The molecule has 0 saturated carbocycles. The molecule has 4 rings (SSSR count). The normalized spacial score (nSPS) is 11.2. The highest BCUT2D eigenvalue weighted by molar-refractivity contribution is 7.93. The Balaban J connectivity index is 1.63. The number of para-hydroxylation sites is 1. The van der Waals surface area contributed by atoms with Gasteiger partial charge in [-0.2, -0.15) is 0 Å². The first-order valence-electron chi connectivity index (χ1n) is 9.92. The highest BCUT2D eigenvalue weighted by Crippen LogP contribution is 2.30. The largest absolute Gasteiger partial charge is 0.322 e. The average Bonchev–Trinajstić information content (AvgIpc) is 3.36. The quantitative estimate of drug-likeness (QED) is 0.429. The molecule has 0 saturated heterocycles. The number of aromatic nitrogens is 4. The van der Waals surface area contributed by atoms with Crippen molar-refractivity contribution in [3.05, 3.63) is 89.7 Å². The van der Waals surface area contributed by atoms with Gasteiger partial charge in [0.15, 0.2) is 0 Å². The van der Waals surface area contributed by atoms with Gasteiger partial charge in [-0.25, -0.2) is 13.1 Å². The second kappa shape index (κ2) is 9.39. The van der Waals surface area contributed by atoms with E-state index in [0.717, 1.165) is 0 Å². The fourth-order valence-corrected chi connectivity index (χ4v) is 5.23. The van der Waals surface area contributed by atoms with Crippen LogP contribution in [0.2, 0.25) is 5.02 Å². The zero-order valence-electron chi connectivity index (χ0n) is 17.5. The van der Waals surface area contributed by atoms with Gasteiger partial charge in [-0.05, 0) is 65.9 Å². The van der Waals surface area contributed by atoms with Gasteiger partial charge in [0.1, 0.15) is 11.2 Å². The molecule has 9 nitrogen and oxygen atoms in total.